The molecule has 28 heavy (non-hydrogen) atoms. The quantitative estimate of drug-likeness (QED) is 0.377. The fraction of sp³-hybridized carbons (Fsp3) is 0.0833. The third-order valence-electron chi connectivity index (χ3n) is 4.55. The van der Waals surface area contributed by atoms with Crippen LogP contribution < -0.4 is 4.90 Å². The van der Waals surface area contributed by atoms with Crippen LogP contribution in [0.5, 0.6) is 0 Å². The molecular weight excluding hydrogens is 410 g/mol. The number of hydrogen-bond acceptors (Lipinski definition) is 3. The van der Waals surface area contributed by atoms with Gasteiger partial charge in [-0.1, -0.05) is 88.7 Å². The number of halogens is 1. The maximum absolute atomic E-state index is 4.99. The molecule has 0 saturated heterocycles. The lowest BCUT2D eigenvalue weighted by Crippen LogP contribution is -2.18. The van der Waals surface area contributed by atoms with Crippen molar-refractivity contribution in [3.8, 4) is 22.5 Å². The van der Waals surface area contributed by atoms with Crippen molar-refractivity contribution in [3.63, 3.8) is 0 Å². The molecule has 1 heterocycles. The Hall–Kier alpha value is -2.98. The van der Waals surface area contributed by atoms with Gasteiger partial charge in [-0.05, 0) is 17.7 Å². The zero-order chi connectivity index (χ0) is 19.3. The average molecular weight is 430 g/mol. The van der Waals surface area contributed by atoms with Gasteiger partial charge in [0.25, 0.3) is 0 Å². The fourth-order valence-electron chi connectivity index (χ4n) is 3.16. The number of nitrogens with zero attached hydrogens (tertiary/aromatic N) is 3. The van der Waals surface area contributed by atoms with E-state index >= 15 is 0 Å². The number of hydrogen-bond donors (Lipinski definition) is 0. The summed E-state index contributed by atoms with van der Waals surface area (Å²) in [5.74, 6) is 0.846. The molecule has 4 aromatic rings. The SMILES string of the molecule is CN(Cc1cccc(Br)c1)c1cnc(-c2ccccc2)c(-c2ccccc2)n1. The van der Waals surface area contributed by atoms with Gasteiger partial charge in [-0.25, -0.2) is 4.98 Å². The van der Waals surface area contributed by atoms with Crippen molar-refractivity contribution >= 4 is 21.7 Å². The van der Waals surface area contributed by atoms with Gasteiger partial charge < -0.3 is 4.90 Å². The molecule has 0 bridgehead atoms. The number of aromatic nitrogens is 2. The minimum atomic E-state index is 0.757. The highest BCUT2D eigenvalue weighted by Crippen LogP contribution is 2.30. The van der Waals surface area contributed by atoms with E-state index in [2.05, 4.69) is 57.2 Å². The van der Waals surface area contributed by atoms with Crippen LogP contribution in [0.3, 0.4) is 0 Å². The first-order valence-electron chi connectivity index (χ1n) is 9.14. The highest BCUT2D eigenvalue weighted by molar-refractivity contribution is 9.10. The Morgan fingerprint density at radius 2 is 1.43 bits per heavy atom. The molecule has 0 saturated carbocycles. The maximum atomic E-state index is 4.99. The van der Waals surface area contributed by atoms with Crippen LogP contribution in [0.2, 0.25) is 0 Å². The Balaban J connectivity index is 1.74. The van der Waals surface area contributed by atoms with E-state index in [1.807, 2.05) is 61.8 Å². The molecule has 3 nitrogen and oxygen atoms in total. The van der Waals surface area contributed by atoms with Gasteiger partial charge in [0.1, 0.15) is 5.82 Å². The zero-order valence-corrected chi connectivity index (χ0v) is 17.2. The molecule has 0 unspecified atom stereocenters. The van der Waals surface area contributed by atoms with Crippen molar-refractivity contribution < 1.29 is 0 Å². The average Bonchev–Trinajstić information content (AvgIpc) is 2.74. The van der Waals surface area contributed by atoms with E-state index in [1.54, 1.807) is 0 Å². The van der Waals surface area contributed by atoms with E-state index in [9.17, 15) is 0 Å². The normalized spacial score (nSPS) is 10.6. The van der Waals surface area contributed by atoms with Crippen molar-refractivity contribution in [1.29, 1.82) is 0 Å². The molecule has 4 heteroatoms. The van der Waals surface area contributed by atoms with Crippen molar-refractivity contribution in [2.75, 3.05) is 11.9 Å². The molecule has 0 fully saturated rings. The van der Waals surface area contributed by atoms with Crippen molar-refractivity contribution in [2.24, 2.45) is 0 Å². The van der Waals surface area contributed by atoms with E-state index in [0.29, 0.717) is 0 Å². The predicted octanol–water partition coefficient (Wildman–Crippen LogP) is 6.21. The summed E-state index contributed by atoms with van der Waals surface area (Å²) in [6.07, 6.45) is 1.85. The Bertz CT molecular complexity index is 1070. The van der Waals surface area contributed by atoms with Crippen LogP contribution in [0.1, 0.15) is 5.56 Å². The first kappa shape index (κ1) is 18.4. The summed E-state index contributed by atoms with van der Waals surface area (Å²) in [7, 11) is 2.04. The first-order valence-corrected chi connectivity index (χ1v) is 9.93. The van der Waals surface area contributed by atoms with Crippen LogP contribution in [0.15, 0.2) is 95.6 Å². The van der Waals surface area contributed by atoms with Crippen LogP contribution in [-0.4, -0.2) is 17.0 Å². The van der Waals surface area contributed by atoms with Crippen LogP contribution in [0, 0.1) is 0 Å². The third-order valence-corrected chi connectivity index (χ3v) is 5.05. The molecule has 0 amide bonds. The van der Waals surface area contributed by atoms with Gasteiger partial charge in [-0.2, -0.15) is 0 Å². The molecule has 0 atom stereocenters. The van der Waals surface area contributed by atoms with Gasteiger partial charge in [-0.15, -0.1) is 0 Å². The van der Waals surface area contributed by atoms with Gasteiger partial charge in [-0.3, -0.25) is 4.98 Å². The molecule has 0 aliphatic rings. The van der Waals surface area contributed by atoms with Gasteiger partial charge in [0.2, 0.25) is 0 Å². The summed E-state index contributed by atoms with van der Waals surface area (Å²) >= 11 is 3.54. The first-order chi connectivity index (χ1) is 13.7. The lowest BCUT2D eigenvalue weighted by molar-refractivity contribution is 0.891. The maximum Gasteiger partial charge on any atom is 0.147 e. The Morgan fingerprint density at radius 1 is 0.786 bits per heavy atom. The highest BCUT2D eigenvalue weighted by atomic mass is 79.9. The van der Waals surface area contributed by atoms with E-state index < -0.39 is 0 Å². The molecule has 0 radical (unpaired) electrons. The molecule has 0 spiro atoms. The Morgan fingerprint density at radius 3 is 2.07 bits per heavy atom. The second kappa shape index (κ2) is 8.36. The molecule has 4 rings (SSSR count). The van der Waals surface area contributed by atoms with Crippen LogP contribution in [0.25, 0.3) is 22.5 Å². The highest BCUT2D eigenvalue weighted by Gasteiger charge is 2.14. The minimum Gasteiger partial charge on any atom is -0.354 e. The molecule has 0 N–H and O–H groups in total. The number of rotatable bonds is 5. The second-order valence-electron chi connectivity index (χ2n) is 6.64. The third kappa shape index (κ3) is 4.12. The topological polar surface area (TPSA) is 29.0 Å². The largest absolute Gasteiger partial charge is 0.354 e. The van der Waals surface area contributed by atoms with E-state index in [0.717, 1.165) is 39.4 Å². The van der Waals surface area contributed by atoms with Crippen LogP contribution >= 0.6 is 15.9 Å². The van der Waals surface area contributed by atoms with E-state index in [-0.39, 0.29) is 0 Å². The van der Waals surface area contributed by atoms with Crippen molar-refractivity contribution in [1.82, 2.24) is 9.97 Å². The van der Waals surface area contributed by atoms with Crippen LogP contribution in [-0.2, 0) is 6.54 Å². The Kier molecular flexibility index (Phi) is 5.49. The lowest BCUT2D eigenvalue weighted by atomic mass is 10.0. The fourth-order valence-corrected chi connectivity index (χ4v) is 3.61. The smallest absolute Gasteiger partial charge is 0.147 e. The Labute approximate surface area is 173 Å². The van der Waals surface area contributed by atoms with Gasteiger partial charge in [0.15, 0.2) is 0 Å². The molecule has 3 aromatic carbocycles. The monoisotopic (exact) mass is 429 g/mol. The molecular formula is C24H20BrN3. The molecule has 138 valence electrons. The predicted molar refractivity (Wildman–Crippen MR) is 119 cm³/mol. The summed E-state index contributed by atoms with van der Waals surface area (Å²) in [5.41, 5.74) is 5.13. The van der Waals surface area contributed by atoms with Gasteiger partial charge >= 0.3 is 0 Å². The number of anilines is 1. The minimum absolute atomic E-state index is 0.757. The summed E-state index contributed by atoms with van der Waals surface area (Å²) in [4.78, 5) is 11.9. The molecule has 1 aromatic heterocycles. The van der Waals surface area contributed by atoms with E-state index in [1.165, 1.54) is 5.56 Å². The molecule has 0 aliphatic carbocycles. The van der Waals surface area contributed by atoms with E-state index in [4.69, 9.17) is 9.97 Å². The zero-order valence-electron chi connectivity index (χ0n) is 15.6. The van der Waals surface area contributed by atoms with Gasteiger partial charge in [0, 0.05) is 29.2 Å². The lowest BCUT2D eigenvalue weighted by Gasteiger charge is -2.20. The summed E-state index contributed by atoms with van der Waals surface area (Å²) in [6.45, 7) is 0.757. The van der Waals surface area contributed by atoms with Gasteiger partial charge in [0.05, 0.1) is 17.6 Å². The second-order valence-corrected chi connectivity index (χ2v) is 7.56. The van der Waals surface area contributed by atoms with Crippen LogP contribution in [0.4, 0.5) is 5.82 Å². The summed E-state index contributed by atoms with van der Waals surface area (Å²) in [6, 6.07) is 28.8. The summed E-state index contributed by atoms with van der Waals surface area (Å²) < 4.78 is 1.08. The molecule has 0 aliphatic heterocycles. The number of benzene rings is 3. The van der Waals surface area contributed by atoms with Crippen molar-refractivity contribution in [3.05, 3.63) is 101 Å². The standard InChI is InChI=1S/C24H20BrN3/c1-28(17-18-9-8-14-21(25)15-18)22-16-26-23(19-10-4-2-5-11-19)24(27-22)20-12-6-3-7-13-20/h2-16H,17H2,1H3. The summed E-state index contributed by atoms with van der Waals surface area (Å²) in [5, 5.41) is 0. The van der Waals surface area contributed by atoms with Crippen molar-refractivity contribution in [2.45, 2.75) is 6.54 Å².